The van der Waals surface area contributed by atoms with E-state index in [9.17, 15) is 22.8 Å². The first-order valence-electron chi connectivity index (χ1n) is 8.69. The largest absolute Gasteiger partial charge is 0.405 e. The maximum absolute atomic E-state index is 12.8. The van der Waals surface area contributed by atoms with Gasteiger partial charge in [-0.2, -0.15) is 13.2 Å². The lowest BCUT2D eigenvalue weighted by molar-refractivity contribution is -0.123. The van der Waals surface area contributed by atoms with Crippen LogP contribution in [0.3, 0.4) is 0 Å². The fourth-order valence-corrected chi connectivity index (χ4v) is 5.01. The second kappa shape index (κ2) is 9.28. The summed E-state index contributed by atoms with van der Waals surface area (Å²) in [6.07, 6.45) is -4.61. The molecule has 32 heavy (non-hydrogen) atoms. The highest BCUT2D eigenvalue weighted by molar-refractivity contribution is 6.53. The summed E-state index contributed by atoms with van der Waals surface area (Å²) in [7, 11) is 0. The number of halogens is 9. The first-order chi connectivity index (χ1) is 14.7. The molecule has 1 fully saturated rings. The Morgan fingerprint density at radius 1 is 0.938 bits per heavy atom. The zero-order valence-electron chi connectivity index (χ0n) is 15.5. The predicted molar refractivity (Wildman–Crippen MR) is 121 cm³/mol. The molecule has 0 bridgehead atoms. The summed E-state index contributed by atoms with van der Waals surface area (Å²) >= 11 is 36.6. The molecule has 0 aliphatic heterocycles. The minimum Gasteiger partial charge on any atom is -0.343 e. The van der Waals surface area contributed by atoms with E-state index in [4.69, 9.17) is 69.6 Å². The van der Waals surface area contributed by atoms with Crippen molar-refractivity contribution in [3.05, 3.63) is 61.5 Å². The van der Waals surface area contributed by atoms with Crippen LogP contribution in [-0.2, 0) is 4.79 Å². The number of hydrogen-bond donors (Lipinski definition) is 2. The average molecular weight is 569 g/mol. The average Bonchev–Trinajstić information content (AvgIpc) is 3.23. The second-order valence-corrected chi connectivity index (χ2v) is 10.1. The Kier molecular flexibility index (Phi) is 7.40. The zero-order chi connectivity index (χ0) is 24.0. The van der Waals surface area contributed by atoms with Crippen molar-refractivity contribution in [1.82, 2.24) is 5.32 Å². The zero-order valence-corrected chi connectivity index (χ0v) is 20.0. The van der Waals surface area contributed by atoms with Gasteiger partial charge in [-0.3, -0.25) is 9.59 Å². The molecule has 0 spiro atoms. The van der Waals surface area contributed by atoms with Crippen molar-refractivity contribution >= 4 is 87.1 Å². The molecule has 2 aromatic rings. The molecule has 0 saturated heterocycles. The summed E-state index contributed by atoms with van der Waals surface area (Å²) in [5, 5.41) is 4.60. The van der Waals surface area contributed by atoms with Gasteiger partial charge in [0.2, 0.25) is 5.91 Å². The number of carbonyl (C=O) groups excluding carboxylic acids is 2. The van der Waals surface area contributed by atoms with Crippen LogP contribution >= 0.6 is 69.6 Å². The monoisotopic (exact) mass is 566 g/mol. The van der Waals surface area contributed by atoms with E-state index in [-0.39, 0.29) is 21.3 Å². The van der Waals surface area contributed by atoms with Crippen molar-refractivity contribution in [3.63, 3.8) is 0 Å². The summed E-state index contributed by atoms with van der Waals surface area (Å²) in [6, 6.07) is 6.84. The van der Waals surface area contributed by atoms with Gasteiger partial charge in [0.1, 0.15) is 10.9 Å². The maximum Gasteiger partial charge on any atom is 0.405 e. The number of benzene rings is 2. The van der Waals surface area contributed by atoms with Crippen LogP contribution in [0.15, 0.2) is 30.3 Å². The van der Waals surface area contributed by atoms with Crippen molar-refractivity contribution in [1.29, 1.82) is 0 Å². The van der Waals surface area contributed by atoms with Gasteiger partial charge in [0.05, 0.1) is 27.2 Å². The molecule has 0 aromatic heterocycles. The third-order valence-corrected chi connectivity index (χ3v) is 6.59. The molecule has 13 heteroatoms. The molecular weight excluding hydrogens is 558 g/mol. The Balaban J connectivity index is 1.81. The summed E-state index contributed by atoms with van der Waals surface area (Å²) in [5.41, 5.74) is 0.173. The SMILES string of the molecule is O=C(NCC(F)(F)F)c1cc(NC(=O)[C@H]2[C@H](c3cc(Cl)cc(Cl)c3)C2(Cl)Cl)c(Cl)cc1Cl. The van der Waals surface area contributed by atoms with Gasteiger partial charge in [-0.25, -0.2) is 0 Å². The van der Waals surface area contributed by atoms with Crippen LogP contribution in [0.5, 0.6) is 0 Å². The third kappa shape index (κ3) is 5.69. The van der Waals surface area contributed by atoms with Gasteiger partial charge in [-0.15, -0.1) is 23.2 Å². The van der Waals surface area contributed by atoms with Crippen LogP contribution in [0.2, 0.25) is 20.1 Å². The lowest BCUT2D eigenvalue weighted by atomic mass is 10.1. The van der Waals surface area contributed by atoms with Crippen molar-refractivity contribution in [3.8, 4) is 0 Å². The molecule has 0 heterocycles. The van der Waals surface area contributed by atoms with Gasteiger partial charge in [0.25, 0.3) is 5.91 Å². The number of nitrogens with one attached hydrogen (secondary N) is 2. The topological polar surface area (TPSA) is 58.2 Å². The number of amides is 2. The van der Waals surface area contributed by atoms with E-state index in [1.807, 2.05) is 0 Å². The van der Waals surface area contributed by atoms with Crippen LogP contribution in [0, 0.1) is 5.92 Å². The highest BCUT2D eigenvalue weighted by Gasteiger charge is 2.67. The van der Waals surface area contributed by atoms with Crippen LogP contribution in [0.1, 0.15) is 21.8 Å². The van der Waals surface area contributed by atoms with E-state index in [0.29, 0.717) is 15.6 Å². The van der Waals surface area contributed by atoms with E-state index < -0.39 is 40.7 Å². The molecule has 3 rings (SSSR count). The lowest BCUT2D eigenvalue weighted by Gasteiger charge is -2.13. The standard InChI is InChI=1S/C19H11Cl6F3N2O2/c20-8-1-7(2-9(21)3-8)14-15(19(14,24)25)17(32)30-13-4-10(11(22)5-12(13)23)16(31)29-6-18(26,27)28/h1-5,14-15H,6H2,(H,29,31)(H,30,32)/t14-,15+/m0/s1. The second-order valence-electron chi connectivity index (χ2n) is 6.93. The normalized spacial score (nSPS) is 19.4. The fraction of sp³-hybridized carbons (Fsp3) is 0.263. The van der Waals surface area contributed by atoms with Crippen molar-refractivity contribution in [2.24, 2.45) is 5.92 Å². The smallest absolute Gasteiger partial charge is 0.343 e. The number of anilines is 1. The van der Waals surface area contributed by atoms with E-state index >= 15 is 0 Å². The van der Waals surface area contributed by atoms with Gasteiger partial charge < -0.3 is 10.6 Å². The molecule has 1 saturated carbocycles. The third-order valence-electron chi connectivity index (χ3n) is 4.59. The Bertz CT molecular complexity index is 1070. The van der Waals surface area contributed by atoms with Gasteiger partial charge in [-0.1, -0.05) is 46.4 Å². The molecule has 1 aliphatic rings. The fourth-order valence-electron chi connectivity index (χ4n) is 3.13. The van der Waals surface area contributed by atoms with Gasteiger partial charge in [0, 0.05) is 16.0 Å². The Hall–Kier alpha value is -1.09. The highest BCUT2D eigenvalue weighted by atomic mass is 35.5. The van der Waals surface area contributed by atoms with E-state index in [1.54, 1.807) is 17.4 Å². The van der Waals surface area contributed by atoms with Gasteiger partial charge >= 0.3 is 6.18 Å². The number of carbonyl (C=O) groups is 2. The first kappa shape index (κ1) is 25.5. The quantitative estimate of drug-likeness (QED) is 0.377. The van der Waals surface area contributed by atoms with Gasteiger partial charge in [-0.05, 0) is 35.9 Å². The van der Waals surface area contributed by atoms with Crippen molar-refractivity contribution < 1.29 is 22.8 Å². The number of alkyl halides is 5. The Morgan fingerprint density at radius 2 is 1.53 bits per heavy atom. The first-order valence-corrected chi connectivity index (χ1v) is 11.0. The molecule has 2 amide bonds. The number of hydrogen-bond acceptors (Lipinski definition) is 2. The lowest BCUT2D eigenvalue weighted by Crippen LogP contribution is -2.33. The molecule has 2 N–H and O–H groups in total. The van der Waals surface area contributed by atoms with Crippen LogP contribution < -0.4 is 10.6 Å². The molecule has 0 unspecified atom stereocenters. The molecule has 4 nitrogen and oxygen atoms in total. The molecular formula is C19H11Cl6F3N2O2. The summed E-state index contributed by atoms with van der Waals surface area (Å²) in [6.45, 7) is -1.56. The number of rotatable bonds is 5. The van der Waals surface area contributed by atoms with Crippen LogP contribution in [0.4, 0.5) is 18.9 Å². The Labute approximate surface area is 210 Å². The summed E-state index contributed by atoms with van der Waals surface area (Å²) in [5.74, 6) is -3.29. The predicted octanol–water partition coefficient (Wildman–Crippen LogP) is 7.12. The van der Waals surface area contributed by atoms with E-state index in [2.05, 4.69) is 5.32 Å². The molecule has 2 atom stereocenters. The highest BCUT2D eigenvalue weighted by Crippen LogP contribution is 2.65. The van der Waals surface area contributed by atoms with E-state index in [0.717, 1.165) is 12.1 Å². The summed E-state index contributed by atoms with van der Waals surface area (Å²) in [4.78, 5) is 24.9. The minimum absolute atomic E-state index is 0.0477. The molecule has 172 valence electrons. The molecule has 1 aliphatic carbocycles. The Morgan fingerprint density at radius 3 is 2.09 bits per heavy atom. The maximum atomic E-state index is 12.8. The minimum atomic E-state index is -4.61. The van der Waals surface area contributed by atoms with Crippen molar-refractivity contribution in [2.75, 3.05) is 11.9 Å². The van der Waals surface area contributed by atoms with Crippen LogP contribution in [0.25, 0.3) is 0 Å². The molecule has 2 aromatic carbocycles. The molecule has 0 radical (unpaired) electrons. The van der Waals surface area contributed by atoms with Crippen LogP contribution in [-0.4, -0.2) is 28.9 Å². The van der Waals surface area contributed by atoms with E-state index in [1.165, 1.54) is 6.07 Å². The van der Waals surface area contributed by atoms with Crippen molar-refractivity contribution in [2.45, 2.75) is 16.4 Å². The summed E-state index contributed by atoms with van der Waals surface area (Å²) < 4.78 is 35.7. The van der Waals surface area contributed by atoms with Gasteiger partial charge in [0.15, 0.2) is 0 Å².